The third-order valence-electron chi connectivity index (χ3n) is 3.95. The number of morpholine rings is 1. The molecular weight excluding hydrogens is 381 g/mol. The molecule has 1 atom stereocenters. The lowest BCUT2D eigenvalue weighted by atomic mass is 10.1. The summed E-state index contributed by atoms with van der Waals surface area (Å²) in [4.78, 5) is 14.2. The average Bonchev–Trinajstić information content (AvgIpc) is 2.60. The van der Waals surface area contributed by atoms with E-state index >= 15 is 0 Å². The second kappa shape index (κ2) is 8.24. The van der Waals surface area contributed by atoms with Crippen LogP contribution >= 0.6 is 34.8 Å². The van der Waals surface area contributed by atoms with Crippen molar-refractivity contribution < 1.29 is 9.53 Å². The number of rotatable bonds is 3. The number of hydrogen-bond acceptors (Lipinski definition) is 2. The molecule has 130 valence electrons. The van der Waals surface area contributed by atoms with Crippen LogP contribution in [0.2, 0.25) is 15.1 Å². The van der Waals surface area contributed by atoms with E-state index in [9.17, 15) is 4.79 Å². The minimum Gasteiger partial charge on any atom is -0.370 e. The zero-order chi connectivity index (χ0) is 17.8. The van der Waals surface area contributed by atoms with Crippen molar-refractivity contribution in [3.05, 3.63) is 74.7 Å². The molecule has 1 heterocycles. The molecule has 3 nitrogen and oxygen atoms in total. The molecule has 1 aliphatic heterocycles. The highest BCUT2D eigenvalue weighted by molar-refractivity contribution is 6.34. The average molecular weight is 397 g/mol. The van der Waals surface area contributed by atoms with Crippen LogP contribution in [0, 0.1) is 0 Å². The third kappa shape index (κ3) is 4.77. The molecule has 0 aliphatic carbocycles. The molecule has 0 aromatic heterocycles. The largest absolute Gasteiger partial charge is 0.370 e. The van der Waals surface area contributed by atoms with Gasteiger partial charge in [-0.25, -0.2) is 0 Å². The summed E-state index contributed by atoms with van der Waals surface area (Å²) in [6.07, 6.45) is 3.02. The number of hydrogen-bond donors (Lipinski definition) is 0. The Morgan fingerprint density at radius 2 is 1.84 bits per heavy atom. The topological polar surface area (TPSA) is 29.5 Å². The van der Waals surface area contributed by atoms with Crippen molar-refractivity contribution >= 4 is 46.8 Å². The zero-order valence-electron chi connectivity index (χ0n) is 13.3. The van der Waals surface area contributed by atoms with Crippen molar-refractivity contribution in [2.45, 2.75) is 6.10 Å². The molecule has 6 heteroatoms. The molecule has 0 saturated carbocycles. The van der Waals surface area contributed by atoms with Crippen LogP contribution in [0.15, 0.2) is 48.5 Å². The summed E-state index contributed by atoms with van der Waals surface area (Å²) in [5.41, 5.74) is 1.68. The second-order valence-corrected chi connectivity index (χ2v) is 6.98. The molecule has 2 aromatic rings. The lowest BCUT2D eigenvalue weighted by Crippen LogP contribution is -2.41. The van der Waals surface area contributed by atoms with Crippen molar-refractivity contribution in [3.8, 4) is 0 Å². The summed E-state index contributed by atoms with van der Waals surface area (Å²) in [5.74, 6) is -0.0821. The first-order valence-electron chi connectivity index (χ1n) is 7.82. The number of halogens is 3. The van der Waals surface area contributed by atoms with E-state index in [0.717, 1.165) is 11.1 Å². The molecule has 1 aliphatic rings. The van der Waals surface area contributed by atoms with Crippen molar-refractivity contribution in [1.29, 1.82) is 0 Å². The molecule has 0 N–H and O–H groups in total. The summed E-state index contributed by atoms with van der Waals surface area (Å²) < 4.78 is 5.78. The Bertz CT molecular complexity index is 787. The van der Waals surface area contributed by atoms with Gasteiger partial charge in [-0.05, 0) is 41.5 Å². The van der Waals surface area contributed by atoms with Gasteiger partial charge in [0.1, 0.15) is 6.10 Å². The second-order valence-electron chi connectivity index (χ2n) is 5.70. The maximum Gasteiger partial charge on any atom is 0.246 e. The maximum atomic E-state index is 12.5. The van der Waals surface area contributed by atoms with E-state index in [0.29, 0.717) is 34.8 Å². The lowest BCUT2D eigenvalue weighted by molar-refractivity contribution is -0.133. The van der Waals surface area contributed by atoms with Gasteiger partial charge >= 0.3 is 0 Å². The zero-order valence-corrected chi connectivity index (χ0v) is 15.6. The summed E-state index contributed by atoms with van der Waals surface area (Å²) in [6.45, 7) is 1.44. The van der Waals surface area contributed by atoms with E-state index in [-0.39, 0.29) is 12.0 Å². The Labute approximate surface area is 161 Å². The maximum absolute atomic E-state index is 12.5. The molecule has 25 heavy (non-hydrogen) atoms. The Kier molecular flexibility index (Phi) is 6.02. The van der Waals surface area contributed by atoms with Gasteiger partial charge in [-0.2, -0.15) is 0 Å². The van der Waals surface area contributed by atoms with E-state index in [4.69, 9.17) is 39.5 Å². The summed E-state index contributed by atoms with van der Waals surface area (Å²) in [5, 5.41) is 1.71. The Balaban J connectivity index is 1.70. The molecule has 1 amide bonds. The van der Waals surface area contributed by atoms with Crippen LogP contribution in [-0.2, 0) is 9.53 Å². The molecular formula is C19H16Cl3NO2. The van der Waals surface area contributed by atoms with Crippen LogP contribution in [0.1, 0.15) is 17.2 Å². The van der Waals surface area contributed by atoms with Crippen molar-refractivity contribution in [2.75, 3.05) is 19.7 Å². The molecule has 2 aromatic carbocycles. The van der Waals surface area contributed by atoms with E-state index in [1.807, 2.05) is 30.3 Å². The van der Waals surface area contributed by atoms with Gasteiger partial charge in [0.2, 0.25) is 5.91 Å². The molecule has 0 spiro atoms. The van der Waals surface area contributed by atoms with Crippen molar-refractivity contribution in [2.24, 2.45) is 0 Å². The number of benzene rings is 2. The van der Waals surface area contributed by atoms with Crippen LogP contribution in [-0.4, -0.2) is 30.5 Å². The quantitative estimate of drug-likeness (QED) is 0.662. The molecule has 1 fully saturated rings. The van der Waals surface area contributed by atoms with E-state index in [1.54, 1.807) is 23.1 Å². The van der Waals surface area contributed by atoms with E-state index < -0.39 is 0 Å². The SMILES string of the molecule is O=C(/C=C/c1ccccc1Cl)N1CCOC(c2cc(Cl)cc(Cl)c2)C1. The summed E-state index contributed by atoms with van der Waals surface area (Å²) >= 11 is 18.2. The standard InChI is InChI=1S/C19H16Cl3NO2/c20-15-9-14(10-16(21)11-15)18-12-23(7-8-25-18)19(24)6-5-13-3-1-2-4-17(13)22/h1-6,9-11,18H,7-8,12H2/b6-5+. The predicted octanol–water partition coefficient (Wildman–Crippen LogP) is 5.26. The van der Waals surface area contributed by atoms with Gasteiger partial charge in [-0.15, -0.1) is 0 Å². The van der Waals surface area contributed by atoms with Gasteiger partial charge in [0.05, 0.1) is 13.2 Å². The Morgan fingerprint density at radius 1 is 1.12 bits per heavy atom. The van der Waals surface area contributed by atoms with Gasteiger partial charge < -0.3 is 9.64 Å². The Hall–Kier alpha value is -1.52. The minimum atomic E-state index is -0.248. The number of carbonyl (C=O) groups is 1. The molecule has 1 saturated heterocycles. The monoisotopic (exact) mass is 395 g/mol. The predicted molar refractivity (Wildman–Crippen MR) is 102 cm³/mol. The molecule has 0 bridgehead atoms. The van der Waals surface area contributed by atoms with Gasteiger partial charge in [0.15, 0.2) is 0 Å². The lowest BCUT2D eigenvalue weighted by Gasteiger charge is -2.32. The first-order chi connectivity index (χ1) is 12.0. The van der Waals surface area contributed by atoms with Crippen molar-refractivity contribution in [3.63, 3.8) is 0 Å². The van der Waals surface area contributed by atoms with Gasteiger partial charge in [0, 0.05) is 27.7 Å². The van der Waals surface area contributed by atoms with Gasteiger partial charge in [-0.3, -0.25) is 4.79 Å². The number of ether oxygens (including phenoxy) is 1. The number of nitrogens with zero attached hydrogens (tertiary/aromatic N) is 1. The van der Waals surface area contributed by atoms with Crippen molar-refractivity contribution in [1.82, 2.24) is 4.90 Å². The molecule has 0 radical (unpaired) electrons. The third-order valence-corrected chi connectivity index (χ3v) is 4.73. The fourth-order valence-corrected chi connectivity index (χ4v) is 3.43. The van der Waals surface area contributed by atoms with E-state index in [1.165, 1.54) is 6.08 Å². The first kappa shape index (κ1) is 18.3. The van der Waals surface area contributed by atoms with Crippen LogP contribution in [0.25, 0.3) is 6.08 Å². The van der Waals surface area contributed by atoms with Crippen LogP contribution in [0.5, 0.6) is 0 Å². The number of amides is 1. The first-order valence-corrected chi connectivity index (χ1v) is 8.95. The highest BCUT2D eigenvalue weighted by Gasteiger charge is 2.24. The molecule has 1 unspecified atom stereocenters. The highest BCUT2D eigenvalue weighted by atomic mass is 35.5. The Morgan fingerprint density at radius 3 is 2.56 bits per heavy atom. The molecule has 3 rings (SSSR count). The fourth-order valence-electron chi connectivity index (χ4n) is 2.69. The summed E-state index contributed by atoms with van der Waals surface area (Å²) in [7, 11) is 0. The van der Waals surface area contributed by atoms with Crippen LogP contribution < -0.4 is 0 Å². The van der Waals surface area contributed by atoms with Crippen LogP contribution in [0.4, 0.5) is 0 Å². The van der Waals surface area contributed by atoms with E-state index in [2.05, 4.69) is 0 Å². The van der Waals surface area contributed by atoms with Crippen LogP contribution in [0.3, 0.4) is 0 Å². The minimum absolute atomic E-state index is 0.0821. The highest BCUT2D eigenvalue weighted by Crippen LogP contribution is 2.28. The fraction of sp³-hybridized carbons (Fsp3) is 0.211. The van der Waals surface area contributed by atoms with Gasteiger partial charge in [0.25, 0.3) is 0 Å². The normalized spacial score (nSPS) is 17.9. The number of carbonyl (C=O) groups excluding carboxylic acids is 1. The van der Waals surface area contributed by atoms with Gasteiger partial charge in [-0.1, -0.05) is 53.0 Å². The summed E-state index contributed by atoms with van der Waals surface area (Å²) in [6, 6.07) is 12.7. The smallest absolute Gasteiger partial charge is 0.246 e.